The van der Waals surface area contributed by atoms with Crippen LogP contribution in [0, 0.1) is 5.41 Å². The topological polar surface area (TPSA) is 20.3 Å². The predicted octanol–water partition coefficient (Wildman–Crippen LogP) is 2.71. The van der Waals surface area contributed by atoms with E-state index in [1.165, 1.54) is 32.1 Å². The average molecular weight is 272 g/mol. The van der Waals surface area contributed by atoms with Gasteiger partial charge < -0.3 is 4.90 Å². The van der Waals surface area contributed by atoms with Crippen LogP contribution in [0.15, 0.2) is 0 Å². The highest BCUT2D eigenvalue weighted by atomic mass is 79.9. The summed E-state index contributed by atoms with van der Waals surface area (Å²) in [6.45, 7) is 3.36. The molecular formula is C12H18BrNO. The van der Waals surface area contributed by atoms with Crippen LogP contribution in [-0.4, -0.2) is 27.7 Å². The third kappa shape index (κ3) is 1.31. The Hall–Kier alpha value is -0.0500. The smallest absolute Gasteiger partial charge is 0.236 e. The molecule has 3 aliphatic rings. The van der Waals surface area contributed by atoms with Gasteiger partial charge in [0.2, 0.25) is 5.91 Å². The van der Waals surface area contributed by atoms with Gasteiger partial charge in [0.15, 0.2) is 0 Å². The Bertz CT molecular complexity index is 307. The molecule has 0 spiro atoms. The molecule has 3 heteroatoms. The second kappa shape index (κ2) is 2.99. The molecule has 2 nitrogen and oxygen atoms in total. The number of carbonyl (C=O) groups excluding carboxylic acids is 1. The largest absolute Gasteiger partial charge is 0.336 e. The highest BCUT2D eigenvalue weighted by Crippen LogP contribution is 2.67. The Balaban J connectivity index is 1.84. The molecule has 0 N–H and O–H groups in total. The minimum absolute atomic E-state index is 0.0890. The quantitative estimate of drug-likeness (QED) is 0.708. The summed E-state index contributed by atoms with van der Waals surface area (Å²) < 4.78 is 0. The van der Waals surface area contributed by atoms with Gasteiger partial charge in [0.1, 0.15) is 0 Å². The van der Waals surface area contributed by atoms with E-state index in [-0.39, 0.29) is 10.4 Å². The van der Waals surface area contributed by atoms with E-state index in [0.29, 0.717) is 11.3 Å². The van der Waals surface area contributed by atoms with E-state index in [1.807, 2.05) is 0 Å². The number of amides is 1. The van der Waals surface area contributed by atoms with Gasteiger partial charge in [-0.3, -0.25) is 4.79 Å². The Morgan fingerprint density at radius 3 is 2.53 bits per heavy atom. The molecule has 15 heavy (non-hydrogen) atoms. The van der Waals surface area contributed by atoms with E-state index < -0.39 is 0 Å². The van der Waals surface area contributed by atoms with Crippen molar-refractivity contribution in [1.29, 1.82) is 0 Å². The lowest BCUT2D eigenvalue weighted by molar-refractivity contribution is -0.137. The van der Waals surface area contributed by atoms with Gasteiger partial charge in [-0.25, -0.2) is 0 Å². The summed E-state index contributed by atoms with van der Waals surface area (Å²) in [4.78, 5) is 14.5. The number of likely N-dealkylation sites (tertiary alicyclic amines) is 1. The second-order valence-corrected chi connectivity index (χ2v) is 6.80. The van der Waals surface area contributed by atoms with Crippen LogP contribution in [0.5, 0.6) is 0 Å². The Labute approximate surface area is 99.5 Å². The van der Waals surface area contributed by atoms with Crippen molar-refractivity contribution in [2.75, 3.05) is 6.54 Å². The van der Waals surface area contributed by atoms with Crippen molar-refractivity contribution in [3.8, 4) is 0 Å². The van der Waals surface area contributed by atoms with Crippen molar-refractivity contribution in [1.82, 2.24) is 4.90 Å². The lowest BCUT2D eigenvalue weighted by Crippen LogP contribution is -2.52. The zero-order valence-corrected chi connectivity index (χ0v) is 10.8. The monoisotopic (exact) mass is 271 g/mol. The van der Waals surface area contributed by atoms with Gasteiger partial charge in [-0.1, -0.05) is 22.9 Å². The van der Waals surface area contributed by atoms with E-state index in [4.69, 9.17) is 0 Å². The van der Waals surface area contributed by atoms with Crippen molar-refractivity contribution < 1.29 is 4.79 Å². The SMILES string of the molecule is CC1(C2(N3CCCC(Br)C3=O)CC2)CC1. The first kappa shape index (κ1) is 10.1. The molecule has 0 aromatic heterocycles. The van der Waals surface area contributed by atoms with Gasteiger partial charge in [0.05, 0.1) is 4.83 Å². The van der Waals surface area contributed by atoms with E-state index in [0.717, 1.165) is 13.0 Å². The van der Waals surface area contributed by atoms with Gasteiger partial charge >= 0.3 is 0 Å². The van der Waals surface area contributed by atoms with E-state index in [2.05, 4.69) is 27.8 Å². The first-order valence-electron chi connectivity index (χ1n) is 6.05. The second-order valence-electron chi connectivity index (χ2n) is 5.69. The molecule has 1 aliphatic heterocycles. The highest BCUT2D eigenvalue weighted by Gasteiger charge is 2.66. The van der Waals surface area contributed by atoms with Gasteiger partial charge in [-0.2, -0.15) is 0 Å². The molecule has 1 amide bonds. The molecule has 3 rings (SSSR count). The normalized spacial score (nSPS) is 36.5. The van der Waals surface area contributed by atoms with Crippen LogP contribution in [0.3, 0.4) is 0 Å². The molecule has 2 saturated carbocycles. The van der Waals surface area contributed by atoms with Crippen molar-refractivity contribution in [2.24, 2.45) is 5.41 Å². The number of hydrogen-bond acceptors (Lipinski definition) is 1. The maximum atomic E-state index is 12.2. The summed E-state index contributed by atoms with van der Waals surface area (Å²) >= 11 is 3.51. The first-order chi connectivity index (χ1) is 7.09. The molecule has 1 atom stereocenters. The average Bonchev–Trinajstić information content (AvgIpc) is 3.06. The number of piperidine rings is 1. The number of alkyl halides is 1. The standard InChI is InChI=1S/C12H18BrNO/c1-11(4-5-11)12(6-7-12)14-8-2-3-9(13)10(14)15/h9H,2-8H2,1H3. The zero-order chi connectivity index (χ0) is 10.7. The molecule has 84 valence electrons. The number of halogens is 1. The third-order valence-electron chi connectivity index (χ3n) is 4.74. The molecule has 0 aromatic carbocycles. The van der Waals surface area contributed by atoms with Crippen molar-refractivity contribution in [3.63, 3.8) is 0 Å². The summed E-state index contributed by atoms with van der Waals surface area (Å²) in [5, 5.41) is 0. The fourth-order valence-corrected chi connectivity index (χ4v) is 3.80. The highest BCUT2D eigenvalue weighted by molar-refractivity contribution is 9.10. The zero-order valence-electron chi connectivity index (χ0n) is 9.26. The minimum atomic E-state index is 0.0890. The molecule has 3 fully saturated rings. The van der Waals surface area contributed by atoms with Crippen molar-refractivity contribution in [3.05, 3.63) is 0 Å². The number of rotatable bonds is 2. The van der Waals surface area contributed by atoms with Crippen molar-refractivity contribution in [2.45, 2.75) is 55.8 Å². The summed E-state index contributed by atoms with van der Waals surface area (Å²) in [6.07, 6.45) is 7.32. The van der Waals surface area contributed by atoms with Gasteiger partial charge in [-0.15, -0.1) is 0 Å². The fourth-order valence-electron chi connectivity index (χ4n) is 3.23. The van der Waals surface area contributed by atoms with Crippen LogP contribution in [0.4, 0.5) is 0 Å². The number of hydrogen-bond donors (Lipinski definition) is 0. The Morgan fingerprint density at radius 2 is 2.00 bits per heavy atom. The number of carbonyl (C=O) groups is 1. The molecule has 0 aromatic rings. The lowest BCUT2D eigenvalue weighted by atomic mass is 9.92. The summed E-state index contributed by atoms with van der Waals surface area (Å²) in [7, 11) is 0. The minimum Gasteiger partial charge on any atom is -0.336 e. The van der Waals surface area contributed by atoms with Crippen LogP contribution in [-0.2, 0) is 4.79 Å². The third-order valence-corrected chi connectivity index (χ3v) is 5.59. The maximum Gasteiger partial charge on any atom is 0.236 e. The summed E-state index contributed by atoms with van der Waals surface area (Å²) in [5.41, 5.74) is 0.739. The summed E-state index contributed by atoms with van der Waals surface area (Å²) in [6, 6.07) is 0. The Kier molecular flexibility index (Phi) is 2.02. The lowest BCUT2D eigenvalue weighted by Gasteiger charge is -2.40. The molecule has 0 bridgehead atoms. The number of nitrogens with zero attached hydrogens (tertiary/aromatic N) is 1. The van der Waals surface area contributed by atoms with Crippen LogP contribution in [0.25, 0.3) is 0 Å². The fraction of sp³-hybridized carbons (Fsp3) is 0.917. The molecule has 2 aliphatic carbocycles. The van der Waals surface area contributed by atoms with Gasteiger partial charge in [-0.05, 0) is 43.9 Å². The van der Waals surface area contributed by atoms with E-state index >= 15 is 0 Å². The van der Waals surface area contributed by atoms with Crippen LogP contribution >= 0.6 is 15.9 Å². The van der Waals surface area contributed by atoms with E-state index in [9.17, 15) is 4.79 Å². The molecule has 1 unspecified atom stereocenters. The molecular weight excluding hydrogens is 254 g/mol. The van der Waals surface area contributed by atoms with E-state index in [1.54, 1.807) is 0 Å². The summed E-state index contributed by atoms with van der Waals surface area (Å²) in [5.74, 6) is 0.354. The van der Waals surface area contributed by atoms with Gasteiger partial charge in [0.25, 0.3) is 0 Å². The predicted molar refractivity (Wildman–Crippen MR) is 63.0 cm³/mol. The molecule has 0 radical (unpaired) electrons. The molecule has 1 saturated heterocycles. The maximum absolute atomic E-state index is 12.2. The first-order valence-corrected chi connectivity index (χ1v) is 6.96. The van der Waals surface area contributed by atoms with Crippen LogP contribution in [0.1, 0.15) is 45.4 Å². The molecule has 1 heterocycles. The van der Waals surface area contributed by atoms with Crippen molar-refractivity contribution >= 4 is 21.8 Å². The van der Waals surface area contributed by atoms with Crippen LogP contribution < -0.4 is 0 Å². The Morgan fingerprint density at radius 1 is 1.33 bits per heavy atom. The van der Waals surface area contributed by atoms with Crippen LogP contribution in [0.2, 0.25) is 0 Å². The van der Waals surface area contributed by atoms with Gasteiger partial charge in [0, 0.05) is 12.1 Å².